The fourth-order valence-electron chi connectivity index (χ4n) is 4.28. The van der Waals surface area contributed by atoms with Crippen molar-refractivity contribution in [2.75, 3.05) is 39.8 Å². The first kappa shape index (κ1) is 20.7. The number of aromatic nitrogens is 1. The summed E-state index contributed by atoms with van der Waals surface area (Å²) in [4.78, 5) is 32.8. The number of piperidine rings is 2. The first-order valence-electron chi connectivity index (χ1n) is 10.4. The van der Waals surface area contributed by atoms with Gasteiger partial charge >= 0.3 is 5.97 Å². The lowest BCUT2D eigenvalue weighted by atomic mass is 9.93. The van der Waals surface area contributed by atoms with E-state index in [0.717, 1.165) is 58.4 Å². The maximum absolute atomic E-state index is 12.4. The van der Waals surface area contributed by atoms with E-state index in [1.54, 1.807) is 0 Å². The third kappa shape index (κ3) is 6.01. The molecule has 1 N–H and O–H groups in total. The highest BCUT2D eigenvalue weighted by Crippen LogP contribution is 2.24. The number of likely N-dealkylation sites (tertiary alicyclic amines) is 2. The van der Waals surface area contributed by atoms with Crippen molar-refractivity contribution < 1.29 is 14.3 Å². The summed E-state index contributed by atoms with van der Waals surface area (Å²) in [7, 11) is 1.37. The largest absolute Gasteiger partial charge is 0.469 e. The van der Waals surface area contributed by atoms with Crippen LogP contribution in [0.1, 0.15) is 37.7 Å². The van der Waals surface area contributed by atoms with Crippen molar-refractivity contribution in [1.82, 2.24) is 20.1 Å². The molecule has 2 fully saturated rings. The summed E-state index contributed by atoms with van der Waals surface area (Å²) < 4.78 is 4.61. The van der Waals surface area contributed by atoms with E-state index in [1.165, 1.54) is 12.7 Å². The van der Waals surface area contributed by atoms with E-state index in [9.17, 15) is 9.59 Å². The van der Waals surface area contributed by atoms with Crippen LogP contribution in [0.25, 0.3) is 0 Å². The fourth-order valence-corrected chi connectivity index (χ4v) is 4.28. The van der Waals surface area contributed by atoms with E-state index in [-0.39, 0.29) is 24.2 Å². The van der Waals surface area contributed by atoms with Crippen LogP contribution < -0.4 is 5.32 Å². The minimum Gasteiger partial charge on any atom is -0.469 e. The maximum Gasteiger partial charge on any atom is 0.307 e. The number of nitrogens with one attached hydrogen (secondary N) is 1. The van der Waals surface area contributed by atoms with Crippen LogP contribution in [0.5, 0.6) is 0 Å². The molecule has 7 nitrogen and oxygen atoms in total. The summed E-state index contributed by atoms with van der Waals surface area (Å²) in [5.41, 5.74) is 1.27. The Labute approximate surface area is 167 Å². The van der Waals surface area contributed by atoms with Crippen molar-refractivity contribution in [2.24, 2.45) is 5.92 Å². The lowest BCUT2D eigenvalue weighted by Crippen LogP contribution is -2.50. The lowest BCUT2D eigenvalue weighted by Gasteiger charge is -2.42. The van der Waals surface area contributed by atoms with Gasteiger partial charge in [0.05, 0.1) is 19.4 Å². The number of carbonyl (C=O) groups excluding carboxylic acids is 2. The van der Waals surface area contributed by atoms with Gasteiger partial charge in [-0.1, -0.05) is 6.07 Å². The second-order valence-corrected chi connectivity index (χ2v) is 7.82. The molecule has 28 heavy (non-hydrogen) atoms. The number of rotatable bonds is 7. The Morgan fingerprint density at radius 2 is 2.07 bits per heavy atom. The number of amides is 1. The van der Waals surface area contributed by atoms with Crippen molar-refractivity contribution in [1.29, 1.82) is 0 Å². The molecule has 0 saturated carbocycles. The minimum absolute atomic E-state index is 0.0276. The van der Waals surface area contributed by atoms with E-state index in [2.05, 4.69) is 30.9 Å². The quantitative estimate of drug-likeness (QED) is 0.713. The Morgan fingerprint density at radius 3 is 2.79 bits per heavy atom. The Hall–Kier alpha value is -1.99. The predicted molar refractivity (Wildman–Crippen MR) is 106 cm³/mol. The van der Waals surface area contributed by atoms with Crippen LogP contribution in [0, 0.1) is 5.92 Å². The van der Waals surface area contributed by atoms with Crippen molar-refractivity contribution in [3.63, 3.8) is 0 Å². The minimum atomic E-state index is -0.288. The summed E-state index contributed by atoms with van der Waals surface area (Å²) in [6.07, 6.45) is 8.28. The van der Waals surface area contributed by atoms with Crippen molar-refractivity contribution >= 4 is 11.9 Å². The molecule has 3 rings (SSSR count). The van der Waals surface area contributed by atoms with Crippen LogP contribution in [0.2, 0.25) is 0 Å². The molecule has 1 aromatic rings. The smallest absolute Gasteiger partial charge is 0.307 e. The first-order chi connectivity index (χ1) is 13.7. The molecular formula is C21H32N4O3. The average molecular weight is 389 g/mol. The van der Waals surface area contributed by atoms with Crippen molar-refractivity contribution in [3.05, 3.63) is 30.1 Å². The summed E-state index contributed by atoms with van der Waals surface area (Å²) >= 11 is 0. The Kier molecular flexibility index (Phi) is 7.80. The molecule has 1 amide bonds. The fraction of sp³-hybridized carbons (Fsp3) is 0.667. The highest BCUT2D eigenvalue weighted by Gasteiger charge is 2.31. The van der Waals surface area contributed by atoms with Gasteiger partial charge < -0.3 is 10.1 Å². The number of carbonyl (C=O) groups is 2. The SMILES string of the molecule is COC(=O)CCNC(=O)[C@@H]1CCCN(C2CCN(Cc3cccnc3)CC2)C1. The number of pyridine rings is 1. The number of methoxy groups -OCH3 is 1. The van der Waals surface area contributed by atoms with Gasteiger partial charge in [-0.2, -0.15) is 0 Å². The molecule has 3 heterocycles. The Morgan fingerprint density at radius 1 is 1.25 bits per heavy atom. The highest BCUT2D eigenvalue weighted by atomic mass is 16.5. The van der Waals surface area contributed by atoms with Gasteiger partial charge in [0.2, 0.25) is 5.91 Å². The highest BCUT2D eigenvalue weighted by molar-refractivity contribution is 5.79. The average Bonchev–Trinajstić information content (AvgIpc) is 2.75. The van der Waals surface area contributed by atoms with Crippen LogP contribution in [0.3, 0.4) is 0 Å². The molecule has 0 bridgehead atoms. The third-order valence-electron chi connectivity index (χ3n) is 5.88. The topological polar surface area (TPSA) is 74.8 Å². The molecule has 2 aliphatic rings. The van der Waals surface area contributed by atoms with Crippen molar-refractivity contribution in [3.8, 4) is 0 Å². The zero-order valence-electron chi connectivity index (χ0n) is 16.8. The summed E-state index contributed by atoms with van der Waals surface area (Å²) in [5, 5.41) is 2.89. The van der Waals surface area contributed by atoms with Crippen LogP contribution >= 0.6 is 0 Å². The Bertz CT molecular complexity index is 632. The molecule has 154 valence electrons. The van der Waals surface area contributed by atoms with E-state index < -0.39 is 0 Å². The first-order valence-corrected chi connectivity index (χ1v) is 10.4. The monoisotopic (exact) mass is 388 g/mol. The van der Waals surface area contributed by atoms with E-state index in [0.29, 0.717) is 12.6 Å². The molecule has 0 radical (unpaired) electrons. The van der Waals surface area contributed by atoms with Crippen LogP contribution in [-0.2, 0) is 20.9 Å². The second-order valence-electron chi connectivity index (χ2n) is 7.82. The molecule has 1 atom stereocenters. The Balaban J connectivity index is 1.41. The van der Waals surface area contributed by atoms with E-state index >= 15 is 0 Å². The maximum atomic E-state index is 12.4. The second kappa shape index (κ2) is 10.5. The van der Waals surface area contributed by atoms with Gasteiger partial charge in [-0.05, 0) is 56.9 Å². The number of esters is 1. The molecule has 2 aliphatic heterocycles. The van der Waals surface area contributed by atoms with Gasteiger partial charge in [-0.25, -0.2) is 0 Å². The van der Waals surface area contributed by atoms with Gasteiger partial charge in [-0.3, -0.25) is 24.4 Å². The van der Waals surface area contributed by atoms with Crippen LogP contribution in [-0.4, -0.2) is 72.5 Å². The molecule has 1 aromatic heterocycles. The molecule has 0 spiro atoms. The van der Waals surface area contributed by atoms with Crippen molar-refractivity contribution in [2.45, 2.75) is 44.7 Å². The van der Waals surface area contributed by atoms with Crippen LogP contribution in [0.15, 0.2) is 24.5 Å². The zero-order valence-corrected chi connectivity index (χ0v) is 16.8. The number of hydrogen-bond acceptors (Lipinski definition) is 6. The molecule has 0 aromatic carbocycles. The molecule has 0 aliphatic carbocycles. The summed E-state index contributed by atoms with van der Waals surface area (Å²) in [6, 6.07) is 4.69. The van der Waals surface area contributed by atoms with E-state index in [1.807, 2.05) is 18.5 Å². The predicted octanol–water partition coefficient (Wildman–Crippen LogP) is 1.44. The molecule has 7 heteroatoms. The van der Waals surface area contributed by atoms with Gasteiger partial charge in [0.1, 0.15) is 0 Å². The van der Waals surface area contributed by atoms with E-state index in [4.69, 9.17) is 0 Å². The number of ether oxygens (including phenoxy) is 1. The normalized spacial score (nSPS) is 22.0. The standard InChI is InChI=1S/C21H32N4O3/c1-28-20(26)6-10-23-21(27)18-5-3-11-25(16-18)19-7-12-24(13-8-19)15-17-4-2-9-22-14-17/h2,4,9,14,18-19H,3,5-8,10-13,15-16H2,1H3,(H,23,27)/t18-/m1/s1. The summed E-state index contributed by atoms with van der Waals surface area (Å²) in [6.45, 7) is 5.41. The molecular weight excluding hydrogens is 356 g/mol. The number of hydrogen-bond donors (Lipinski definition) is 1. The number of nitrogens with zero attached hydrogens (tertiary/aromatic N) is 3. The van der Waals surface area contributed by atoms with Gasteiger partial charge in [0.25, 0.3) is 0 Å². The third-order valence-corrected chi connectivity index (χ3v) is 5.88. The molecule has 0 unspecified atom stereocenters. The van der Waals surface area contributed by atoms with Gasteiger partial charge in [0.15, 0.2) is 0 Å². The molecule has 2 saturated heterocycles. The summed E-state index contributed by atoms with van der Waals surface area (Å²) in [5.74, 6) is -0.189. The zero-order chi connectivity index (χ0) is 19.8. The lowest BCUT2D eigenvalue weighted by molar-refractivity contribution is -0.140. The van der Waals surface area contributed by atoms with Crippen LogP contribution in [0.4, 0.5) is 0 Å². The van der Waals surface area contributed by atoms with Gasteiger partial charge in [-0.15, -0.1) is 0 Å². The van der Waals surface area contributed by atoms with Gasteiger partial charge in [0, 0.05) is 38.1 Å².